The van der Waals surface area contributed by atoms with Gasteiger partial charge in [0.15, 0.2) is 0 Å². The van der Waals surface area contributed by atoms with Crippen molar-refractivity contribution >= 4 is 21.4 Å². The van der Waals surface area contributed by atoms with Crippen LogP contribution in [-0.4, -0.2) is 31.7 Å². The predicted octanol–water partition coefficient (Wildman–Crippen LogP) is 1.09. The molecule has 2 heterocycles. The highest BCUT2D eigenvalue weighted by atomic mass is 32.2. The van der Waals surface area contributed by atoms with Crippen molar-refractivity contribution in [3.05, 3.63) is 16.6 Å². The van der Waals surface area contributed by atoms with Gasteiger partial charge in [0.25, 0.3) is 0 Å². The normalized spacial score (nSPS) is 21.0. The molecular weight excluding hydrogens is 270 g/mol. The lowest BCUT2D eigenvalue weighted by molar-refractivity contribution is 0.392. The Bertz CT molecular complexity index is 439. The topological polar surface area (TPSA) is 71.1 Å². The van der Waals surface area contributed by atoms with E-state index in [9.17, 15) is 8.42 Å². The van der Waals surface area contributed by atoms with Crippen molar-refractivity contribution in [1.29, 1.82) is 0 Å². The van der Waals surface area contributed by atoms with Gasteiger partial charge in [-0.25, -0.2) is 13.1 Å². The van der Waals surface area contributed by atoms with Crippen molar-refractivity contribution in [1.82, 2.24) is 15.0 Å². The Morgan fingerprint density at radius 1 is 1.50 bits per heavy atom. The molecule has 1 fully saturated rings. The minimum Gasteiger partial charge on any atom is -0.314 e. The minimum absolute atomic E-state index is 0.198. The van der Waals surface area contributed by atoms with E-state index >= 15 is 0 Å². The van der Waals surface area contributed by atoms with Gasteiger partial charge in [-0.2, -0.15) is 0 Å². The van der Waals surface area contributed by atoms with Crippen LogP contribution in [0.3, 0.4) is 0 Å². The summed E-state index contributed by atoms with van der Waals surface area (Å²) in [5.41, 5.74) is 1.70. The summed E-state index contributed by atoms with van der Waals surface area (Å²) in [4.78, 5) is 4.86. The van der Waals surface area contributed by atoms with Crippen LogP contribution < -0.4 is 10.0 Å². The van der Waals surface area contributed by atoms with Crippen molar-refractivity contribution in [2.75, 3.05) is 12.3 Å². The van der Waals surface area contributed by atoms with Crippen LogP contribution in [0.25, 0.3) is 0 Å². The van der Waals surface area contributed by atoms with Gasteiger partial charge in [0.1, 0.15) is 0 Å². The maximum atomic E-state index is 11.8. The number of sulfonamides is 1. The van der Waals surface area contributed by atoms with Gasteiger partial charge >= 0.3 is 0 Å². The molecule has 0 amide bonds. The van der Waals surface area contributed by atoms with Crippen LogP contribution in [0.5, 0.6) is 0 Å². The van der Waals surface area contributed by atoms with Crippen LogP contribution in [0, 0.1) is 0 Å². The molecule has 1 aromatic rings. The first-order valence-electron chi connectivity index (χ1n) is 6.24. The number of nitrogens with zero attached hydrogens (tertiary/aromatic N) is 1. The summed E-state index contributed by atoms with van der Waals surface area (Å²) in [7, 11) is -3.17. The molecule has 1 aromatic heterocycles. The first-order valence-corrected chi connectivity index (χ1v) is 8.77. The maximum absolute atomic E-state index is 11.8. The van der Waals surface area contributed by atoms with Gasteiger partial charge in [-0.1, -0.05) is 6.42 Å². The Morgan fingerprint density at radius 3 is 3.06 bits per heavy atom. The fraction of sp³-hybridized carbons (Fsp3) is 0.727. The van der Waals surface area contributed by atoms with Crippen molar-refractivity contribution < 1.29 is 8.42 Å². The number of nitrogens with one attached hydrogen (secondary N) is 2. The highest BCUT2D eigenvalue weighted by Gasteiger charge is 2.17. The minimum atomic E-state index is -3.17. The van der Waals surface area contributed by atoms with E-state index in [4.69, 9.17) is 0 Å². The van der Waals surface area contributed by atoms with E-state index in [0.29, 0.717) is 19.0 Å². The number of piperidine rings is 1. The van der Waals surface area contributed by atoms with Crippen molar-refractivity contribution in [2.45, 2.75) is 38.3 Å². The van der Waals surface area contributed by atoms with Gasteiger partial charge in [-0.3, -0.25) is 4.98 Å². The van der Waals surface area contributed by atoms with Crippen LogP contribution in [-0.2, 0) is 16.6 Å². The van der Waals surface area contributed by atoms with E-state index in [0.717, 1.165) is 17.8 Å². The average Bonchev–Trinajstić information content (AvgIpc) is 2.89. The van der Waals surface area contributed by atoms with Crippen LogP contribution in [0.2, 0.25) is 0 Å². The molecule has 2 N–H and O–H groups in total. The molecule has 0 radical (unpaired) electrons. The Hall–Kier alpha value is -0.500. The van der Waals surface area contributed by atoms with Gasteiger partial charge in [-0.15, -0.1) is 11.3 Å². The summed E-state index contributed by atoms with van der Waals surface area (Å²) in [6.07, 6.45) is 5.87. The van der Waals surface area contributed by atoms with Crippen LogP contribution in [0.15, 0.2) is 11.7 Å². The van der Waals surface area contributed by atoms with Crippen LogP contribution in [0.4, 0.5) is 0 Å². The van der Waals surface area contributed by atoms with Gasteiger partial charge in [0, 0.05) is 23.7 Å². The largest absolute Gasteiger partial charge is 0.314 e. The van der Waals surface area contributed by atoms with Crippen molar-refractivity contribution in [3.8, 4) is 0 Å². The summed E-state index contributed by atoms with van der Waals surface area (Å²) in [6, 6.07) is 0.360. The summed E-state index contributed by atoms with van der Waals surface area (Å²) in [5, 5.41) is 3.36. The molecule has 1 aliphatic heterocycles. The molecule has 0 spiro atoms. The van der Waals surface area contributed by atoms with E-state index < -0.39 is 10.0 Å². The number of hydrogen-bond donors (Lipinski definition) is 2. The predicted molar refractivity (Wildman–Crippen MR) is 73.0 cm³/mol. The molecule has 102 valence electrons. The molecule has 1 unspecified atom stereocenters. The zero-order valence-corrected chi connectivity index (χ0v) is 11.9. The highest BCUT2D eigenvalue weighted by molar-refractivity contribution is 7.89. The summed E-state index contributed by atoms with van der Waals surface area (Å²) >= 11 is 1.46. The van der Waals surface area contributed by atoms with Crippen molar-refractivity contribution in [3.63, 3.8) is 0 Å². The van der Waals surface area contributed by atoms with Gasteiger partial charge in [0.05, 0.1) is 11.3 Å². The van der Waals surface area contributed by atoms with E-state index in [-0.39, 0.29) is 5.75 Å². The smallest absolute Gasteiger partial charge is 0.211 e. The quantitative estimate of drug-likeness (QED) is 0.822. The SMILES string of the molecule is O=S(=O)(CCC1CCCCN1)NCc1cncs1. The third-order valence-corrected chi connectivity index (χ3v) is 5.23. The third kappa shape index (κ3) is 4.64. The zero-order valence-electron chi connectivity index (χ0n) is 10.3. The lowest BCUT2D eigenvalue weighted by Gasteiger charge is -2.23. The van der Waals surface area contributed by atoms with Crippen LogP contribution >= 0.6 is 11.3 Å². The molecule has 7 heteroatoms. The number of rotatable bonds is 6. The van der Waals surface area contributed by atoms with E-state index in [2.05, 4.69) is 15.0 Å². The molecule has 0 bridgehead atoms. The molecule has 1 saturated heterocycles. The maximum Gasteiger partial charge on any atom is 0.211 e. The second kappa shape index (κ2) is 6.60. The average molecular weight is 289 g/mol. The Kier molecular flexibility index (Phi) is 5.11. The Morgan fingerprint density at radius 2 is 2.39 bits per heavy atom. The lowest BCUT2D eigenvalue weighted by Crippen LogP contribution is -2.37. The molecule has 0 saturated carbocycles. The molecule has 2 rings (SSSR count). The molecule has 1 aliphatic rings. The molecule has 5 nitrogen and oxygen atoms in total. The molecule has 0 aliphatic carbocycles. The first-order chi connectivity index (χ1) is 8.66. The fourth-order valence-electron chi connectivity index (χ4n) is 2.05. The molecule has 0 aromatic carbocycles. The lowest BCUT2D eigenvalue weighted by atomic mass is 10.0. The molecule has 18 heavy (non-hydrogen) atoms. The molecular formula is C11H19N3O2S2. The van der Waals surface area contributed by atoms with Crippen LogP contribution in [0.1, 0.15) is 30.6 Å². The number of hydrogen-bond acceptors (Lipinski definition) is 5. The van der Waals surface area contributed by atoms with E-state index in [1.54, 1.807) is 11.7 Å². The monoisotopic (exact) mass is 289 g/mol. The summed E-state index contributed by atoms with van der Waals surface area (Å²) < 4.78 is 26.2. The van der Waals surface area contributed by atoms with Crippen molar-refractivity contribution in [2.24, 2.45) is 0 Å². The standard InChI is InChI=1S/C11H19N3O2S2/c15-18(16,14-8-11-7-12-9-17-11)6-4-10-3-1-2-5-13-10/h7,9-10,13-14H,1-6,8H2. The summed E-state index contributed by atoms with van der Waals surface area (Å²) in [6.45, 7) is 1.37. The Labute approximate surface area is 112 Å². The number of thiazole rings is 1. The first kappa shape index (κ1) is 13.9. The van der Waals surface area contributed by atoms with E-state index in [1.165, 1.54) is 24.2 Å². The summed E-state index contributed by atoms with van der Waals surface area (Å²) in [5.74, 6) is 0.198. The van der Waals surface area contributed by atoms with Gasteiger partial charge in [0.2, 0.25) is 10.0 Å². The second-order valence-electron chi connectivity index (χ2n) is 4.54. The fourth-order valence-corrected chi connectivity index (χ4v) is 3.79. The molecule has 1 atom stereocenters. The van der Waals surface area contributed by atoms with Gasteiger partial charge in [-0.05, 0) is 25.8 Å². The Balaban J connectivity index is 1.73. The number of aromatic nitrogens is 1. The van der Waals surface area contributed by atoms with E-state index in [1.807, 2.05) is 0 Å². The van der Waals surface area contributed by atoms with Gasteiger partial charge < -0.3 is 5.32 Å². The third-order valence-electron chi connectivity index (χ3n) is 3.10. The second-order valence-corrected chi connectivity index (χ2v) is 7.44. The highest BCUT2D eigenvalue weighted by Crippen LogP contribution is 2.11. The zero-order chi connectivity index (χ0) is 12.8.